The Labute approximate surface area is 201 Å². The van der Waals surface area contributed by atoms with E-state index in [9.17, 15) is 4.79 Å². The number of aromatic nitrogens is 1. The number of likely N-dealkylation sites (N-methyl/N-ethyl adjacent to an activating group) is 1. The van der Waals surface area contributed by atoms with Gasteiger partial charge in [0.25, 0.3) is 0 Å². The van der Waals surface area contributed by atoms with Crippen LogP contribution in [0.3, 0.4) is 0 Å². The first-order valence-electron chi connectivity index (χ1n) is 11.9. The highest BCUT2D eigenvalue weighted by Crippen LogP contribution is 2.40. The molecule has 0 spiro atoms. The average molecular weight is 465 g/mol. The summed E-state index contributed by atoms with van der Waals surface area (Å²) < 4.78 is 2.21. The molecular weight excluding hydrogens is 428 g/mol. The third kappa shape index (κ3) is 5.50. The number of urea groups is 1. The maximum atomic E-state index is 13.1. The molecule has 0 unspecified atom stereocenters. The summed E-state index contributed by atoms with van der Waals surface area (Å²) in [5, 5.41) is 7.66. The second kappa shape index (κ2) is 10.1. The van der Waals surface area contributed by atoms with Crippen molar-refractivity contribution in [1.29, 1.82) is 0 Å². The van der Waals surface area contributed by atoms with Crippen molar-refractivity contribution >= 4 is 23.1 Å². The minimum Gasteiger partial charge on any atom is -0.331 e. The van der Waals surface area contributed by atoms with Gasteiger partial charge in [0, 0.05) is 41.6 Å². The zero-order valence-electron chi connectivity index (χ0n) is 20.4. The minimum atomic E-state index is -0.140. The number of nitrogens with one attached hydrogen (secondary N) is 2. The van der Waals surface area contributed by atoms with Crippen LogP contribution in [-0.4, -0.2) is 29.1 Å². The Kier molecular flexibility index (Phi) is 7.25. The van der Waals surface area contributed by atoms with Crippen molar-refractivity contribution in [1.82, 2.24) is 14.8 Å². The van der Waals surface area contributed by atoms with Gasteiger partial charge in [-0.2, -0.15) is 0 Å². The van der Waals surface area contributed by atoms with Gasteiger partial charge < -0.3 is 20.1 Å². The molecule has 0 bridgehead atoms. The van der Waals surface area contributed by atoms with Crippen LogP contribution in [0.2, 0.25) is 0 Å². The summed E-state index contributed by atoms with van der Waals surface area (Å²) in [6.07, 6.45) is 7.23. The molecule has 0 saturated heterocycles. The van der Waals surface area contributed by atoms with E-state index < -0.39 is 0 Å². The largest absolute Gasteiger partial charge is 0.331 e. The summed E-state index contributed by atoms with van der Waals surface area (Å²) in [6.45, 7) is 10.7. The van der Waals surface area contributed by atoms with Crippen LogP contribution in [0.25, 0.3) is 5.00 Å². The van der Waals surface area contributed by atoms with E-state index in [-0.39, 0.29) is 12.1 Å². The molecule has 1 aromatic carbocycles. The Bertz CT molecular complexity index is 1100. The van der Waals surface area contributed by atoms with Crippen molar-refractivity contribution in [2.45, 2.75) is 59.5 Å². The van der Waals surface area contributed by atoms with E-state index in [1.165, 1.54) is 32.1 Å². The Morgan fingerprint density at radius 2 is 1.88 bits per heavy atom. The standard InChI is InChI=1S/C27H36N4OS/c1-18(2)8-11-23(29-27(32)28-21-10-9-19(3)20(4)16-21)25-22-12-15-30(5)17-24(22)33-26(25)31-13-6-7-14-31/h6-7,9-10,13-14,16,18,23H,8,11-12,15,17H2,1-5H3,(H2,28,29,32)/t23-/m1/s1. The summed E-state index contributed by atoms with van der Waals surface area (Å²) in [4.78, 5) is 16.9. The zero-order valence-corrected chi connectivity index (χ0v) is 21.3. The molecule has 0 saturated carbocycles. The van der Waals surface area contributed by atoms with E-state index >= 15 is 0 Å². The van der Waals surface area contributed by atoms with Crippen LogP contribution in [0.1, 0.15) is 59.9 Å². The molecule has 6 heteroatoms. The van der Waals surface area contributed by atoms with Gasteiger partial charge in [0.2, 0.25) is 0 Å². The number of thiophene rings is 1. The minimum absolute atomic E-state index is 0.0280. The Hall–Kier alpha value is -2.57. The Morgan fingerprint density at radius 1 is 1.12 bits per heavy atom. The van der Waals surface area contributed by atoms with Gasteiger partial charge in [0.1, 0.15) is 5.00 Å². The molecule has 2 N–H and O–H groups in total. The quantitative estimate of drug-likeness (QED) is 0.422. The molecule has 176 valence electrons. The predicted octanol–water partition coefficient (Wildman–Crippen LogP) is 6.44. The highest BCUT2D eigenvalue weighted by Gasteiger charge is 2.29. The fourth-order valence-electron chi connectivity index (χ4n) is 4.50. The third-order valence-corrected chi connectivity index (χ3v) is 7.81. The molecule has 4 rings (SSSR count). The number of nitrogens with zero attached hydrogens (tertiary/aromatic N) is 2. The SMILES string of the molecule is Cc1ccc(NC(=O)N[C@H](CCC(C)C)c2c(-n3cccc3)sc3c2CCN(C)C3)cc1C. The number of carbonyl (C=O) groups is 1. The third-order valence-electron chi connectivity index (χ3n) is 6.56. The highest BCUT2D eigenvalue weighted by atomic mass is 32.1. The number of hydrogen-bond acceptors (Lipinski definition) is 3. The summed E-state index contributed by atoms with van der Waals surface area (Å²) >= 11 is 1.87. The second-order valence-corrected chi connectivity index (χ2v) is 10.8. The summed E-state index contributed by atoms with van der Waals surface area (Å²) in [6, 6.07) is 10.0. The molecule has 1 atom stereocenters. The van der Waals surface area contributed by atoms with Crippen molar-refractivity contribution in [2.75, 3.05) is 18.9 Å². The molecule has 1 aliphatic heterocycles. The van der Waals surface area contributed by atoms with Crippen molar-refractivity contribution in [2.24, 2.45) is 5.92 Å². The van der Waals surface area contributed by atoms with Gasteiger partial charge in [-0.25, -0.2) is 4.79 Å². The summed E-state index contributed by atoms with van der Waals surface area (Å²) in [7, 11) is 2.18. The predicted molar refractivity (Wildman–Crippen MR) is 139 cm³/mol. The van der Waals surface area contributed by atoms with Crippen molar-refractivity contribution in [3.8, 4) is 5.00 Å². The van der Waals surface area contributed by atoms with Gasteiger partial charge in [0.15, 0.2) is 0 Å². The molecule has 0 aliphatic carbocycles. The van der Waals surface area contributed by atoms with Crippen LogP contribution >= 0.6 is 11.3 Å². The number of anilines is 1. The van der Waals surface area contributed by atoms with Gasteiger partial charge in [0.05, 0.1) is 6.04 Å². The molecule has 2 amide bonds. The number of hydrogen-bond donors (Lipinski definition) is 2. The van der Waals surface area contributed by atoms with E-state index in [1.54, 1.807) is 0 Å². The van der Waals surface area contributed by atoms with Gasteiger partial charge in [-0.1, -0.05) is 19.9 Å². The van der Waals surface area contributed by atoms with Crippen molar-refractivity contribution < 1.29 is 4.79 Å². The van der Waals surface area contributed by atoms with Gasteiger partial charge in [-0.3, -0.25) is 0 Å². The molecular formula is C27H36N4OS. The molecule has 0 radical (unpaired) electrons. The van der Waals surface area contributed by atoms with Crippen LogP contribution in [0.5, 0.6) is 0 Å². The molecule has 33 heavy (non-hydrogen) atoms. The monoisotopic (exact) mass is 464 g/mol. The number of fused-ring (bicyclic) bond motifs is 1. The van der Waals surface area contributed by atoms with Crippen LogP contribution < -0.4 is 10.6 Å². The van der Waals surface area contributed by atoms with Crippen LogP contribution in [0, 0.1) is 19.8 Å². The molecule has 0 fully saturated rings. The lowest BCUT2D eigenvalue weighted by Crippen LogP contribution is -2.34. The van der Waals surface area contributed by atoms with Gasteiger partial charge in [-0.15, -0.1) is 11.3 Å². The molecule has 1 aliphatic rings. The van der Waals surface area contributed by atoms with Crippen LogP contribution in [0.15, 0.2) is 42.7 Å². The van der Waals surface area contributed by atoms with E-state index in [0.29, 0.717) is 5.92 Å². The van der Waals surface area contributed by atoms with E-state index in [4.69, 9.17) is 0 Å². The first-order valence-corrected chi connectivity index (χ1v) is 12.7. The molecule has 2 aromatic heterocycles. The van der Waals surface area contributed by atoms with E-state index in [1.807, 2.05) is 23.5 Å². The lowest BCUT2D eigenvalue weighted by atomic mass is 9.92. The number of rotatable bonds is 7. The van der Waals surface area contributed by atoms with Gasteiger partial charge >= 0.3 is 6.03 Å². The normalized spacial score (nSPS) is 14.8. The van der Waals surface area contributed by atoms with Gasteiger partial charge in [-0.05, 0) is 87.0 Å². The van der Waals surface area contributed by atoms with E-state index in [0.717, 1.165) is 38.0 Å². The zero-order chi connectivity index (χ0) is 23.5. The molecule has 3 aromatic rings. The topological polar surface area (TPSA) is 49.3 Å². The maximum absolute atomic E-state index is 13.1. The maximum Gasteiger partial charge on any atom is 0.319 e. The average Bonchev–Trinajstić information content (AvgIpc) is 3.41. The van der Waals surface area contributed by atoms with Crippen LogP contribution in [0.4, 0.5) is 10.5 Å². The summed E-state index contributed by atoms with van der Waals surface area (Å²) in [5.74, 6) is 0.577. The van der Waals surface area contributed by atoms with Crippen LogP contribution in [-0.2, 0) is 13.0 Å². The Balaban J connectivity index is 1.66. The number of benzene rings is 1. The smallest absolute Gasteiger partial charge is 0.319 e. The fraction of sp³-hybridized carbons (Fsp3) is 0.444. The summed E-state index contributed by atoms with van der Waals surface area (Å²) in [5.41, 5.74) is 5.96. The number of aryl methyl sites for hydroxylation is 2. The number of amides is 2. The van der Waals surface area contributed by atoms with Crippen molar-refractivity contribution in [3.63, 3.8) is 0 Å². The second-order valence-electron chi connectivity index (χ2n) is 9.72. The van der Waals surface area contributed by atoms with E-state index in [2.05, 4.69) is 85.4 Å². The number of carbonyl (C=O) groups excluding carboxylic acids is 1. The molecule has 5 nitrogen and oxygen atoms in total. The lowest BCUT2D eigenvalue weighted by Gasteiger charge is -2.26. The molecule has 3 heterocycles. The highest BCUT2D eigenvalue weighted by molar-refractivity contribution is 7.15. The Morgan fingerprint density at radius 3 is 2.58 bits per heavy atom. The fourth-order valence-corrected chi connectivity index (χ4v) is 5.95. The van der Waals surface area contributed by atoms with Crippen molar-refractivity contribution in [3.05, 3.63) is 69.9 Å². The first kappa shape index (κ1) is 23.6. The lowest BCUT2D eigenvalue weighted by molar-refractivity contribution is 0.247. The first-order chi connectivity index (χ1) is 15.8.